The number of aliphatic carboxylic acids is 1. The molecule has 0 saturated heterocycles. The highest BCUT2D eigenvalue weighted by atomic mass is 16.7. The zero-order valence-corrected chi connectivity index (χ0v) is 13.7. The van der Waals surface area contributed by atoms with Gasteiger partial charge in [-0.05, 0) is 47.5 Å². The summed E-state index contributed by atoms with van der Waals surface area (Å²) in [7, 11) is 0. The fourth-order valence-corrected chi connectivity index (χ4v) is 2.25. The molecule has 1 aliphatic rings. The van der Waals surface area contributed by atoms with E-state index in [0.717, 1.165) is 11.1 Å². The number of carboxylic acid groups (broad SMARTS) is 1. The molecule has 1 aliphatic heterocycles. The predicted octanol–water partition coefficient (Wildman–Crippen LogP) is 1.57. The van der Waals surface area contributed by atoms with Crippen LogP contribution in [0.25, 0.3) is 0 Å². The molecule has 0 radical (unpaired) electrons. The first-order valence-corrected chi connectivity index (χ1v) is 7.75. The molecule has 0 atom stereocenters. The van der Waals surface area contributed by atoms with E-state index in [1.807, 2.05) is 0 Å². The maximum absolute atomic E-state index is 11.9. The molecule has 2 aromatic carbocycles. The molecule has 2 N–H and O–H groups in total. The number of amides is 1. The summed E-state index contributed by atoms with van der Waals surface area (Å²) in [6.07, 6.45) is 1.65. The summed E-state index contributed by atoms with van der Waals surface area (Å²) in [6, 6.07) is 12.0. The van der Waals surface area contributed by atoms with Crippen molar-refractivity contribution < 1.29 is 28.9 Å². The highest BCUT2D eigenvalue weighted by molar-refractivity contribution is 5.83. The standard InChI is InChI=1S/C18H16N2O6/c21-17(8-13-3-6-15-16(7-13)26-11-25-15)20-19-9-12-1-4-14(5-2-12)24-10-18(22)23/h1-7,9H,8,10-11H2,(H,20,21)(H,22,23)/b19-9-. The predicted molar refractivity (Wildman–Crippen MR) is 91.6 cm³/mol. The number of carbonyl (C=O) groups is 2. The van der Waals surface area contributed by atoms with Crippen LogP contribution in [0.5, 0.6) is 17.2 Å². The molecule has 8 nitrogen and oxygen atoms in total. The summed E-state index contributed by atoms with van der Waals surface area (Å²) >= 11 is 0. The van der Waals surface area contributed by atoms with Gasteiger partial charge in [-0.15, -0.1) is 0 Å². The van der Waals surface area contributed by atoms with Gasteiger partial charge in [-0.25, -0.2) is 10.2 Å². The van der Waals surface area contributed by atoms with Crippen LogP contribution in [0.1, 0.15) is 11.1 Å². The minimum absolute atomic E-state index is 0.163. The lowest BCUT2D eigenvalue weighted by atomic mass is 10.1. The van der Waals surface area contributed by atoms with Gasteiger partial charge in [-0.2, -0.15) is 5.10 Å². The number of hydrogen-bond donors (Lipinski definition) is 2. The quantitative estimate of drug-likeness (QED) is 0.576. The van der Waals surface area contributed by atoms with Crippen molar-refractivity contribution in [2.24, 2.45) is 5.10 Å². The highest BCUT2D eigenvalue weighted by Crippen LogP contribution is 2.32. The first kappa shape index (κ1) is 17.3. The molecule has 0 bridgehead atoms. The average Bonchev–Trinajstić information content (AvgIpc) is 3.09. The van der Waals surface area contributed by atoms with Gasteiger partial charge in [-0.1, -0.05) is 6.07 Å². The van der Waals surface area contributed by atoms with Gasteiger partial charge in [0, 0.05) is 0 Å². The van der Waals surface area contributed by atoms with Crippen molar-refractivity contribution in [1.29, 1.82) is 0 Å². The molecule has 26 heavy (non-hydrogen) atoms. The van der Waals surface area contributed by atoms with Crippen molar-refractivity contribution in [1.82, 2.24) is 5.43 Å². The smallest absolute Gasteiger partial charge is 0.341 e. The Morgan fingerprint density at radius 3 is 2.69 bits per heavy atom. The molecular weight excluding hydrogens is 340 g/mol. The molecule has 0 spiro atoms. The van der Waals surface area contributed by atoms with Gasteiger partial charge in [-0.3, -0.25) is 4.79 Å². The van der Waals surface area contributed by atoms with Crippen LogP contribution in [0.3, 0.4) is 0 Å². The number of nitrogens with one attached hydrogen (secondary N) is 1. The van der Waals surface area contributed by atoms with Crippen molar-refractivity contribution >= 4 is 18.1 Å². The topological polar surface area (TPSA) is 106 Å². The second-order valence-electron chi connectivity index (χ2n) is 5.41. The molecule has 0 aromatic heterocycles. The minimum atomic E-state index is -1.04. The molecule has 2 aromatic rings. The van der Waals surface area contributed by atoms with E-state index in [9.17, 15) is 9.59 Å². The summed E-state index contributed by atoms with van der Waals surface area (Å²) in [6.45, 7) is -0.210. The number of ether oxygens (including phenoxy) is 3. The van der Waals surface area contributed by atoms with Gasteiger partial charge < -0.3 is 19.3 Å². The monoisotopic (exact) mass is 356 g/mol. The SMILES string of the molecule is O=C(O)COc1ccc(/C=N\NC(=O)Cc2ccc3c(c2)OCO3)cc1. The third-order valence-electron chi connectivity index (χ3n) is 3.45. The van der Waals surface area contributed by atoms with E-state index in [0.29, 0.717) is 17.2 Å². The van der Waals surface area contributed by atoms with Crippen LogP contribution in [0.2, 0.25) is 0 Å². The maximum Gasteiger partial charge on any atom is 0.341 e. The first-order chi connectivity index (χ1) is 12.6. The molecule has 1 amide bonds. The largest absolute Gasteiger partial charge is 0.482 e. The lowest BCUT2D eigenvalue weighted by Crippen LogP contribution is -2.19. The van der Waals surface area contributed by atoms with Crippen LogP contribution >= 0.6 is 0 Å². The Balaban J connectivity index is 1.48. The van der Waals surface area contributed by atoms with Gasteiger partial charge in [0.05, 0.1) is 12.6 Å². The molecule has 8 heteroatoms. The van der Waals surface area contributed by atoms with Crippen molar-refractivity contribution in [2.45, 2.75) is 6.42 Å². The Hall–Kier alpha value is -3.55. The van der Waals surface area contributed by atoms with Crippen LogP contribution in [-0.2, 0) is 16.0 Å². The third-order valence-corrected chi connectivity index (χ3v) is 3.45. The molecule has 1 heterocycles. The summed E-state index contributed by atoms with van der Waals surface area (Å²) in [5, 5.41) is 12.4. The number of benzene rings is 2. The van der Waals surface area contributed by atoms with Crippen molar-refractivity contribution in [3.63, 3.8) is 0 Å². The van der Waals surface area contributed by atoms with Crippen molar-refractivity contribution in [3.8, 4) is 17.2 Å². The number of carbonyl (C=O) groups excluding carboxylic acids is 1. The third kappa shape index (κ3) is 4.73. The van der Waals surface area contributed by atoms with Crippen LogP contribution < -0.4 is 19.6 Å². The summed E-state index contributed by atoms with van der Waals surface area (Å²) < 4.78 is 15.5. The lowest BCUT2D eigenvalue weighted by molar-refractivity contribution is -0.139. The fourth-order valence-electron chi connectivity index (χ4n) is 2.25. The van der Waals surface area contributed by atoms with E-state index in [1.165, 1.54) is 6.21 Å². The second kappa shape index (κ2) is 8.02. The number of hydrazone groups is 1. The Kier molecular flexibility index (Phi) is 5.33. The fraction of sp³-hybridized carbons (Fsp3) is 0.167. The number of hydrogen-bond acceptors (Lipinski definition) is 6. The van der Waals surface area contributed by atoms with Crippen LogP contribution in [0.15, 0.2) is 47.6 Å². The Morgan fingerprint density at radius 1 is 1.15 bits per heavy atom. The van der Waals surface area contributed by atoms with Gasteiger partial charge in [0.15, 0.2) is 18.1 Å². The molecule has 0 saturated carbocycles. The van der Waals surface area contributed by atoms with Gasteiger partial charge in [0.1, 0.15) is 5.75 Å². The van der Waals surface area contributed by atoms with E-state index in [1.54, 1.807) is 42.5 Å². The molecule has 134 valence electrons. The molecule has 0 aliphatic carbocycles. The minimum Gasteiger partial charge on any atom is -0.482 e. The van der Waals surface area contributed by atoms with Crippen LogP contribution in [0, 0.1) is 0 Å². The lowest BCUT2D eigenvalue weighted by Gasteiger charge is -2.03. The number of rotatable bonds is 7. The summed E-state index contributed by atoms with van der Waals surface area (Å²) in [5.74, 6) is 0.436. The van der Waals surface area contributed by atoms with E-state index < -0.39 is 12.6 Å². The van der Waals surface area contributed by atoms with E-state index in [2.05, 4.69) is 10.5 Å². The Labute approximate surface area is 149 Å². The summed E-state index contributed by atoms with van der Waals surface area (Å²) in [5.41, 5.74) is 3.98. The van der Waals surface area contributed by atoms with E-state index in [-0.39, 0.29) is 19.1 Å². The molecular formula is C18H16N2O6. The number of carboxylic acids is 1. The zero-order chi connectivity index (χ0) is 18.4. The summed E-state index contributed by atoms with van der Waals surface area (Å²) in [4.78, 5) is 22.4. The van der Waals surface area contributed by atoms with Gasteiger partial charge >= 0.3 is 5.97 Å². The van der Waals surface area contributed by atoms with E-state index in [4.69, 9.17) is 19.3 Å². The number of nitrogens with zero attached hydrogens (tertiary/aromatic N) is 1. The van der Waals surface area contributed by atoms with Crippen molar-refractivity contribution in [3.05, 3.63) is 53.6 Å². The highest BCUT2D eigenvalue weighted by Gasteiger charge is 2.14. The maximum atomic E-state index is 11.9. The molecule has 0 fully saturated rings. The molecule has 0 unspecified atom stereocenters. The van der Waals surface area contributed by atoms with Gasteiger partial charge in [0.2, 0.25) is 12.7 Å². The zero-order valence-electron chi connectivity index (χ0n) is 13.7. The second-order valence-corrected chi connectivity index (χ2v) is 5.41. The molecule has 3 rings (SSSR count). The number of fused-ring (bicyclic) bond motifs is 1. The Morgan fingerprint density at radius 2 is 1.92 bits per heavy atom. The normalized spacial score (nSPS) is 12.2. The van der Waals surface area contributed by atoms with Gasteiger partial charge in [0.25, 0.3) is 0 Å². The van der Waals surface area contributed by atoms with E-state index >= 15 is 0 Å². The van der Waals surface area contributed by atoms with Crippen LogP contribution in [0.4, 0.5) is 0 Å². The average molecular weight is 356 g/mol. The van der Waals surface area contributed by atoms with Crippen LogP contribution in [-0.4, -0.2) is 36.6 Å². The first-order valence-electron chi connectivity index (χ1n) is 7.75. The van der Waals surface area contributed by atoms with Crippen molar-refractivity contribution in [2.75, 3.05) is 13.4 Å². The Bertz CT molecular complexity index is 832.